The van der Waals surface area contributed by atoms with Crippen molar-refractivity contribution in [2.24, 2.45) is 17.3 Å². The van der Waals surface area contributed by atoms with E-state index < -0.39 is 35.7 Å². The van der Waals surface area contributed by atoms with Crippen LogP contribution in [0.4, 0.5) is 32.2 Å². The number of methoxy groups -OCH3 is 1. The normalized spacial score (nSPS) is 33.8. The lowest BCUT2D eigenvalue weighted by Crippen LogP contribution is -2.54. The van der Waals surface area contributed by atoms with E-state index in [0.717, 1.165) is 12.5 Å². The van der Waals surface area contributed by atoms with Crippen molar-refractivity contribution in [3.8, 4) is 0 Å². The number of halogens is 6. The second-order valence-electron chi connectivity index (χ2n) is 11.3. The molecule has 3 aliphatic heterocycles. The fourth-order valence-electron chi connectivity index (χ4n) is 7.12. The lowest BCUT2D eigenvalue weighted by molar-refractivity contribution is -0.175. The van der Waals surface area contributed by atoms with E-state index in [-0.39, 0.29) is 61.8 Å². The summed E-state index contributed by atoms with van der Waals surface area (Å²) in [5, 5.41) is 7.33. The zero-order valence-corrected chi connectivity index (χ0v) is 21.1. The van der Waals surface area contributed by atoms with Crippen molar-refractivity contribution in [3.63, 3.8) is 0 Å². The zero-order valence-electron chi connectivity index (χ0n) is 21.1. The summed E-state index contributed by atoms with van der Waals surface area (Å²) in [6.07, 6.45) is -6.81. The molecule has 1 aromatic heterocycles. The van der Waals surface area contributed by atoms with E-state index in [1.54, 1.807) is 16.9 Å². The predicted octanol–water partition coefficient (Wildman–Crippen LogP) is 4.47. The van der Waals surface area contributed by atoms with E-state index in [1.165, 1.54) is 0 Å². The molecule has 4 heterocycles. The van der Waals surface area contributed by atoms with E-state index in [4.69, 9.17) is 9.47 Å². The molecule has 1 amide bonds. The first kappa shape index (κ1) is 27.4. The van der Waals surface area contributed by atoms with Crippen LogP contribution in [0.5, 0.6) is 0 Å². The summed E-state index contributed by atoms with van der Waals surface area (Å²) in [6.45, 7) is 1.44. The molecule has 0 unspecified atom stereocenters. The Morgan fingerprint density at radius 2 is 1.97 bits per heavy atom. The SMILES string of the molecule is CO[C@@H]1COCC[C@@H]1C[C@@H]1CC[C@](CC(F)(F)F)(C(=O)N2C[C@H]3C[C@@H]2CN3c2cc(C(F)(F)F)cnn2)C1. The number of anilines is 1. The third-order valence-corrected chi connectivity index (χ3v) is 8.85. The fraction of sp³-hybridized carbons (Fsp3) is 0.800. The second kappa shape index (κ2) is 10.1. The summed E-state index contributed by atoms with van der Waals surface area (Å²) >= 11 is 0. The van der Waals surface area contributed by atoms with Gasteiger partial charge in [-0.2, -0.15) is 31.4 Å². The van der Waals surface area contributed by atoms with Crippen LogP contribution >= 0.6 is 0 Å². The summed E-state index contributed by atoms with van der Waals surface area (Å²) < 4.78 is 91.8. The van der Waals surface area contributed by atoms with Gasteiger partial charge in [0.1, 0.15) is 0 Å². The first-order chi connectivity index (χ1) is 17.9. The molecule has 5 rings (SSSR count). The Kier molecular flexibility index (Phi) is 7.29. The fourth-order valence-corrected chi connectivity index (χ4v) is 7.12. The minimum atomic E-state index is -4.57. The molecule has 0 spiro atoms. The van der Waals surface area contributed by atoms with Crippen LogP contribution in [-0.4, -0.2) is 78.8 Å². The summed E-state index contributed by atoms with van der Waals surface area (Å²) in [5.41, 5.74) is -2.43. The Balaban J connectivity index is 1.29. The molecular formula is C25H32F6N4O3. The van der Waals surface area contributed by atoms with Gasteiger partial charge in [-0.15, -0.1) is 5.10 Å². The standard InChI is InChI=1S/C25H32F6N4O3/c1-37-20-13-38-5-3-16(20)6-15-2-4-23(9-15,14-24(26,27)28)22(36)35-12-18-8-19(35)11-34(18)21-7-17(10-32-33-21)25(29,30)31/h7,10,15-16,18-20H,2-6,8-9,11-14H2,1H3/t15-,16+,18+,19+,20+,23-/m0/s1. The molecule has 1 saturated carbocycles. The molecule has 212 valence electrons. The van der Waals surface area contributed by atoms with Gasteiger partial charge >= 0.3 is 12.4 Å². The molecule has 3 saturated heterocycles. The molecule has 6 atom stereocenters. The molecular weight excluding hydrogens is 518 g/mol. The molecule has 7 nitrogen and oxygen atoms in total. The predicted molar refractivity (Wildman–Crippen MR) is 123 cm³/mol. The van der Waals surface area contributed by atoms with E-state index in [0.29, 0.717) is 38.7 Å². The average Bonchev–Trinajstić information content (AvgIpc) is 3.58. The minimum Gasteiger partial charge on any atom is -0.379 e. The highest BCUT2D eigenvalue weighted by Gasteiger charge is 2.57. The lowest BCUT2D eigenvalue weighted by atomic mass is 9.78. The minimum absolute atomic E-state index is 0.0151. The smallest absolute Gasteiger partial charge is 0.379 e. The molecule has 4 fully saturated rings. The topological polar surface area (TPSA) is 67.8 Å². The highest BCUT2D eigenvalue weighted by molar-refractivity contribution is 5.84. The van der Waals surface area contributed by atoms with Gasteiger partial charge in [-0.3, -0.25) is 4.79 Å². The first-order valence-electron chi connectivity index (χ1n) is 13.0. The van der Waals surface area contributed by atoms with Crippen LogP contribution in [0.15, 0.2) is 12.3 Å². The van der Waals surface area contributed by atoms with Crippen LogP contribution in [0.3, 0.4) is 0 Å². The molecule has 13 heteroatoms. The van der Waals surface area contributed by atoms with Gasteiger partial charge in [0.05, 0.1) is 48.4 Å². The Labute approximate surface area is 216 Å². The third-order valence-electron chi connectivity index (χ3n) is 8.85. The van der Waals surface area contributed by atoms with Crippen molar-refractivity contribution in [1.82, 2.24) is 15.1 Å². The number of hydrogen-bond acceptors (Lipinski definition) is 6. The maximum absolute atomic E-state index is 13.8. The van der Waals surface area contributed by atoms with Crippen LogP contribution in [0, 0.1) is 17.3 Å². The van der Waals surface area contributed by atoms with Gasteiger partial charge in [0.25, 0.3) is 0 Å². The number of likely N-dealkylation sites (tertiary alicyclic amines) is 1. The van der Waals surface area contributed by atoms with Gasteiger partial charge in [0, 0.05) is 26.8 Å². The number of rotatable bonds is 6. The summed E-state index contributed by atoms with van der Waals surface area (Å²) in [7, 11) is 1.61. The zero-order chi connectivity index (χ0) is 27.3. The van der Waals surface area contributed by atoms with Crippen molar-refractivity contribution in [1.29, 1.82) is 0 Å². The Morgan fingerprint density at radius 1 is 1.18 bits per heavy atom. The number of hydrogen-bond donors (Lipinski definition) is 0. The van der Waals surface area contributed by atoms with Crippen molar-refractivity contribution >= 4 is 11.7 Å². The van der Waals surface area contributed by atoms with Gasteiger partial charge in [-0.1, -0.05) is 0 Å². The van der Waals surface area contributed by atoms with Crippen LogP contribution in [0.1, 0.15) is 50.5 Å². The molecule has 0 radical (unpaired) electrons. The van der Waals surface area contributed by atoms with Crippen molar-refractivity contribution in [2.75, 3.05) is 38.3 Å². The summed E-state index contributed by atoms with van der Waals surface area (Å²) in [4.78, 5) is 17.0. The Bertz CT molecular complexity index is 1020. The van der Waals surface area contributed by atoms with Gasteiger partial charge in [-0.05, 0) is 56.4 Å². The van der Waals surface area contributed by atoms with E-state index in [9.17, 15) is 31.1 Å². The lowest BCUT2D eigenvalue weighted by Gasteiger charge is -2.40. The highest BCUT2D eigenvalue weighted by atomic mass is 19.4. The number of ether oxygens (including phenoxy) is 2. The number of piperazine rings is 1. The Morgan fingerprint density at radius 3 is 2.63 bits per heavy atom. The van der Waals surface area contributed by atoms with E-state index in [2.05, 4.69) is 10.2 Å². The number of carbonyl (C=O) groups is 1. The molecule has 1 aromatic rings. The summed E-state index contributed by atoms with van der Waals surface area (Å²) in [6, 6.07) is 0.240. The van der Waals surface area contributed by atoms with Crippen molar-refractivity contribution in [2.45, 2.75) is 75.5 Å². The van der Waals surface area contributed by atoms with Gasteiger partial charge in [-0.25, -0.2) is 0 Å². The van der Waals surface area contributed by atoms with Crippen LogP contribution in [-0.2, 0) is 20.4 Å². The van der Waals surface area contributed by atoms with Crippen LogP contribution in [0.25, 0.3) is 0 Å². The van der Waals surface area contributed by atoms with E-state index in [1.807, 2.05) is 0 Å². The van der Waals surface area contributed by atoms with Gasteiger partial charge in [0.15, 0.2) is 5.82 Å². The first-order valence-corrected chi connectivity index (χ1v) is 13.0. The van der Waals surface area contributed by atoms with Gasteiger partial charge < -0.3 is 19.3 Å². The molecule has 0 N–H and O–H groups in total. The third kappa shape index (κ3) is 5.45. The molecule has 38 heavy (non-hydrogen) atoms. The van der Waals surface area contributed by atoms with Crippen LogP contribution < -0.4 is 4.90 Å². The molecule has 2 bridgehead atoms. The average molecular weight is 551 g/mol. The molecule has 0 aromatic carbocycles. The number of fused-ring (bicyclic) bond motifs is 2. The molecule has 1 aliphatic carbocycles. The number of nitrogens with zero attached hydrogens (tertiary/aromatic N) is 4. The maximum Gasteiger partial charge on any atom is 0.418 e. The Hall–Kier alpha value is -2.15. The summed E-state index contributed by atoms with van der Waals surface area (Å²) in [5.74, 6) is -0.247. The van der Waals surface area contributed by atoms with Gasteiger partial charge in [0.2, 0.25) is 5.91 Å². The maximum atomic E-state index is 13.8. The second-order valence-corrected chi connectivity index (χ2v) is 11.3. The molecule has 4 aliphatic rings. The number of aromatic nitrogens is 2. The van der Waals surface area contributed by atoms with Crippen LogP contribution in [0.2, 0.25) is 0 Å². The van der Waals surface area contributed by atoms with Crippen molar-refractivity contribution < 1.29 is 40.6 Å². The quantitative estimate of drug-likeness (QED) is 0.488. The highest BCUT2D eigenvalue weighted by Crippen LogP contribution is 2.53. The number of alkyl halides is 6. The van der Waals surface area contributed by atoms with Crippen molar-refractivity contribution in [3.05, 3.63) is 17.8 Å². The monoisotopic (exact) mass is 550 g/mol. The van der Waals surface area contributed by atoms with E-state index >= 15 is 0 Å². The number of amides is 1. The largest absolute Gasteiger partial charge is 0.418 e. The number of carbonyl (C=O) groups excluding carboxylic acids is 1.